The van der Waals surface area contributed by atoms with Crippen LogP contribution in [0.1, 0.15) is 23.7 Å². The Kier molecular flexibility index (Phi) is 3.41. The zero-order valence-corrected chi connectivity index (χ0v) is 14.8. The fourth-order valence-corrected chi connectivity index (χ4v) is 5.31. The number of likely N-dealkylation sites (tertiary alicyclic amines) is 1. The number of ether oxygens (including phenoxy) is 1. The van der Waals surface area contributed by atoms with E-state index in [1.54, 1.807) is 18.2 Å². The first-order valence-electron chi connectivity index (χ1n) is 9.31. The highest BCUT2D eigenvalue weighted by molar-refractivity contribution is 6.08. The number of hydrogen-bond acceptors (Lipinski definition) is 5. The molecule has 6 heteroatoms. The average molecular weight is 365 g/mol. The van der Waals surface area contributed by atoms with Crippen molar-refractivity contribution >= 4 is 23.6 Å². The largest absolute Gasteiger partial charge is 0.424 e. The first-order valence-corrected chi connectivity index (χ1v) is 9.31. The number of imide groups is 1. The summed E-state index contributed by atoms with van der Waals surface area (Å²) in [6, 6.07) is 6.44. The average Bonchev–Trinajstić information content (AvgIpc) is 3.43. The molecule has 0 radical (unpaired) electrons. The summed E-state index contributed by atoms with van der Waals surface area (Å²) in [6.07, 6.45) is 5.28. The van der Waals surface area contributed by atoms with Crippen molar-refractivity contribution in [2.24, 2.45) is 35.5 Å². The lowest BCUT2D eigenvalue weighted by Gasteiger charge is -2.37. The standard InChI is InChI=1S/C21H19NO5/c1-10(23)11-4-2-3-5-16(11)27-17(24)9-22-20(25)18-12-6-7-13(15-8-14(12)15)19(18)21(22)26/h2-7,12-15,18-19H,8-9H2,1H3/t12-,13-,14-,15-,18+,19+/m0/s1. The molecule has 2 saturated carbocycles. The number of carbonyl (C=O) groups is 4. The van der Waals surface area contributed by atoms with Gasteiger partial charge >= 0.3 is 5.97 Å². The zero-order chi connectivity index (χ0) is 18.9. The van der Waals surface area contributed by atoms with Crippen molar-refractivity contribution in [3.63, 3.8) is 0 Å². The lowest BCUT2D eigenvalue weighted by Crippen LogP contribution is -2.40. The van der Waals surface area contributed by atoms with Gasteiger partial charge < -0.3 is 4.74 Å². The summed E-state index contributed by atoms with van der Waals surface area (Å²) < 4.78 is 5.30. The summed E-state index contributed by atoms with van der Waals surface area (Å²) in [5.41, 5.74) is 0.293. The van der Waals surface area contributed by atoms with Crippen molar-refractivity contribution in [2.45, 2.75) is 13.3 Å². The molecule has 3 fully saturated rings. The molecule has 1 saturated heterocycles. The van der Waals surface area contributed by atoms with Crippen LogP contribution in [0.5, 0.6) is 5.75 Å². The first kappa shape index (κ1) is 16.4. The lowest BCUT2D eigenvalue weighted by molar-refractivity contribution is -0.148. The molecule has 138 valence electrons. The summed E-state index contributed by atoms with van der Waals surface area (Å²) in [6.45, 7) is 0.977. The number of allylic oxidation sites excluding steroid dienone is 2. The van der Waals surface area contributed by atoms with E-state index in [2.05, 4.69) is 12.2 Å². The van der Waals surface area contributed by atoms with Crippen LogP contribution in [-0.2, 0) is 14.4 Å². The number of nitrogens with zero attached hydrogens (tertiary/aromatic N) is 1. The van der Waals surface area contributed by atoms with Gasteiger partial charge in [0.05, 0.1) is 17.4 Å². The summed E-state index contributed by atoms with van der Waals surface area (Å²) >= 11 is 0. The number of hydrogen-bond donors (Lipinski definition) is 0. The van der Waals surface area contributed by atoms with E-state index in [0.717, 1.165) is 11.3 Å². The molecule has 6 atom stereocenters. The number of para-hydroxylation sites is 1. The Balaban J connectivity index is 1.34. The smallest absolute Gasteiger partial charge is 0.331 e. The number of esters is 1. The van der Waals surface area contributed by atoms with Gasteiger partial charge in [-0.3, -0.25) is 19.3 Å². The fourth-order valence-electron chi connectivity index (χ4n) is 5.31. The number of rotatable bonds is 4. The van der Waals surface area contributed by atoms with E-state index in [-0.39, 0.29) is 47.0 Å². The molecule has 0 spiro atoms. The number of ketones is 1. The van der Waals surface area contributed by atoms with Crippen molar-refractivity contribution in [2.75, 3.05) is 6.54 Å². The third-order valence-electron chi connectivity index (χ3n) is 6.53. The van der Waals surface area contributed by atoms with Crippen LogP contribution in [0, 0.1) is 35.5 Å². The second-order valence-corrected chi connectivity index (χ2v) is 7.94. The predicted octanol–water partition coefficient (Wildman–Crippen LogP) is 1.85. The molecule has 1 aliphatic heterocycles. The molecule has 1 heterocycles. The van der Waals surface area contributed by atoms with Crippen LogP contribution in [0.3, 0.4) is 0 Å². The monoisotopic (exact) mass is 365 g/mol. The van der Waals surface area contributed by atoms with Crippen LogP contribution in [0.4, 0.5) is 0 Å². The first-order chi connectivity index (χ1) is 13.0. The molecule has 6 nitrogen and oxygen atoms in total. The summed E-state index contributed by atoms with van der Waals surface area (Å²) in [5.74, 6) is -0.662. The van der Waals surface area contributed by atoms with Crippen LogP contribution in [0.15, 0.2) is 36.4 Å². The highest BCUT2D eigenvalue weighted by Crippen LogP contribution is 2.65. The van der Waals surface area contributed by atoms with Crippen molar-refractivity contribution < 1.29 is 23.9 Å². The molecule has 5 aliphatic rings. The number of carbonyl (C=O) groups excluding carboxylic acids is 4. The summed E-state index contributed by atoms with van der Waals surface area (Å²) in [4.78, 5) is 50.9. The van der Waals surface area contributed by atoms with Crippen LogP contribution in [-0.4, -0.2) is 35.0 Å². The molecular weight excluding hydrogens is 346 g/mol. The van der Waals surface area contributed by atoms with Crippen molar-refractivity contribution in [1.29, 1.82) is 0 Å². The molecule has 0 N–H and O–H groups in total. The van der Waals surface area contributed by atoms with Gasteiger partial charge in [0.25, 0.3) is 0 Å². The third-order valence-corrected chi connectivity index (χ3v) is 6.53. The molecule has 0 unspecified atom stereocenters. The molecule has 0 aromatic heterocycles. The molecular formula is C21H19NO5. The maximum Gasteiger partial charge on any atom is 0.331 e. The van der Waals surface area contributed by atoms with E-state index in [9.17, 15) is 19.2 Å². The van der Waals surface area contributed by atoms with Crippen molar-refractivity contribution in [3.05, 3.63) is 42.0 Å². The van der Waals surface area contributed by atoms with Gasteiger partial charge in [0.1, 0.15) is 12.3 Å². The molecule has 27 heavy (non-hydrogen) atoms. The Morgan fingerprint density at radius 3 is 2.22 bits per heavy atom. The van der Waals surface area contributed by atoms with E-state index >= 15 is 0 Å². The van der Waals surface area contributed by atoms with Gasteiger partial charge in [0.15, 0.2) is 5.78 Å². The van der Waals surface area contributed by atoms with Gasteiger partial charge in [0.2, 0.25) is 11.8 Å². The third kappa shape index (κ3) is 2.32. The van der Waals surface area contributed by atoms with Gasteiger partial charge in [-0.05, 0) is 49.1 Å². The fraction of sp³-hybridized carbons (Fsp3) is 0.429. The quantitative estimate of drug-likeness (QED) is 0.267. The van der Waals surface area contributed by atoms with Crippen LogP contribution in [0.2, 0.25) is 0 Å². The van der Waals surface area contributed by atoms with Gasteiger partial charge in [-0.2, -0.15) is 0 Å². The van der Waals surface area contributed by atoms with E-state index in [4.69, 9.17) is 4.74 Å². The van der Waals surface area contributed by atoms with Crippen molar-refractivity contribution in [1.82, 2.24) is 4.90 Å². The topological polar surface area (TPSA) is 80.8 Å². The zero-order valence-electron chi connectivity index (χ0n) is 14.8. The summed E-state index contributed by atoms with van der Waals surface area (Å²) in [5, 5.41) is 0. The van der Waals surface area contributed by atoms with Crippen molar-refractivity contribution in [3.8, 4) is 5.75 Å². The lowest BCUT2D eigenvalue weighted by atomic mass is 9.63. The van der Waals surface area contributed by atoms with Crippen LogP contribution in [0.25, 0.3) is 0 Å². The Labute approximate surface area is 156 Å². The SMILES string of the molecule is CC(=O)c1ccccc1OC(=O)CN1C(=O)[C@@H]2[C@H]3C=C[C@@H]([C@@H]4C[C@@H]34)[C@H]2C1=O. The maximum atomic E-state index is 12.9. The maximum absolute atomic E-state index is 12.9. The molecule has 1 aromatic rings. The minimum atomic E-state index is -0.713. The second-order valence-electron chi connectivity index (χ2n) is 7.94. The second kappa shape index (κ2) is 5.62. The highest BCUT2D eigenvalue weighted by atomic mass is 16.5. The Bertz CT molecular complexity index is 883. The minimum Gasteiger partial charge on any atom is -0.424 e. The Hall–Kier alpha value is -2.76. The molecule has 2 bridgehead atoms. The molecule has 1 aromatic carbocycles. The Morgan fingerprint density at radius 1 is 1.04 bits per heavy atom. The highest BCUT2D eigenvalue weighted by Gasteiger charge is 2.67. The molecule has 4 aliphatic carbocycles. The predicted molar refractivity (Wildman–Crippen MR) is 93.5 cm³/mol. The van der Waals surface area contributed by atoms with E-state index < -0.39 is 12.5 Å². The number of amides is 2. The Morgan fingerprint density at radius 2 is 1.63 bits per heavy atom. The minimum absolute atomic E-state index is 0.126. The molecule has 2 amide bonds. The number of Topliss-reactive ketones (excluding diaryl/α,β-unsaturated/α-hetero) is 1. The van der Waals surface area contributed by atoms with Crippen LogP contribution >= 0.6 is 0 Å². The van der Waals surface area contributed by atoms with Gasteiger partial charge in [0, 0.05) is 0 Å². The normalized spacial score (nSPS) is 35.1. The van der Waals surface area contributed by atoms with E-state index in [1.807, 2.05) is 0 Å². The molecule has 6 rings (SSSR count). The number of benzene rings is 1. The van der Waals surface area contributed by atoms with E-state index in [0.29, 0.717) is 17.4 Å². The van der Waals surface area contributed by atoms with E-state index in [1.165, 1.54) is 13.0 Å². The van der Waals surface area contributed by atoms with Gasteiger partial charge in [-0.25, -0.2) is 4.79 Å². The van der Waals surface area contributed by atoms with Gasteiger partial charge in [-0.1, -0.05) is 24.3 Å². The van der Waals surface area contributed by atoms with Crippen LogP contribution < -0.4 is 4.74 Å². The summed E-state index contributed by atoms with van der Waals surface area (Å²) in [7, 11) is 0. The van der Waals surface area contributed by atoms with Gasteiger partial charge in [-0.15, -0.1) is 0 Å².